The van der Waals surface area contributed by atoms with Crippen molar-refractivity contribution < 1.29 is 8.42 Å². The number of hydrogen-bond acceptors (Lipinski definition) is 4. The minimum atomic E-state index is -3.43. The van der Waals surface area contributed by atoms with E-state index in [4.69, 9.17) is 0 Å². The molecule has 1 fully saturated rings. The Kier molecular flexibility index (Phi) is 4.57. The molecule has 0 radical (unpaired) electrons. The Morgan fingerprint density at radius 2 is 1.57 bits per heavy atom. The summed E-state index contributed by atoms with van der Waals surface area (Å²) in [6, 6.07) is 0. The molecule has 0 aromatic carbocycles. The van der Waals surface area contributed by atoms with Crippen LogP contribution in [-0.2, 0) is 30.1 Å². The number of aryl methyl sites for hydroxylation is 1. The van der Waals surface area contributed by atoms with Gasteiger partial charge in [0.1, 0.15) is 5.82 Å². The van der Waals surface area contributed by atoms with Crippen molar-refractivity contribution in [3.8, 4) is 0 Å². The van der Waals surface area contributed by atoms with Crippen LogP contribution in [0, 0.1) is 6.92 Å². The third-order valence-corrected chi connectivity index (χ3v) is 6.91. The minimum Gasteiger partial charge on any atom is -0.300 e. The van der Waals surface area contributed by atoms with Crippen LogP contribution in [0.15, 0.2) is 4.79 Å². The molecule has 3 rings (SSSR count). The standard InChI is InChI=1S/C15H24N4O3S/c1-12-16-14-7-11-19(10-6-13(14)15(20)17(12)2)23(21,22)18-8-4-3-5-9-18/h3-11H2,1-2H3. The summed E-state index contributed by atoms with van der Waals surface area (Å²) in [4.78, 5) is 16.9. The molecule has 2 aliphatic heterocycles. The van der Waals surface area contributed by atoms with Gasteiger partial charge < -0.3 is 0 Å². The van der Waals surface area contributed by atoms with E-state index in [1.54, 1.807) is 18.3 Å². The summed E-state index contributed by atoms with van der Waals surface area (Å²) in [6.07, 6.45) is 3.88. The smallest absolute Gasteiger partial charge is 0.281 e. The Labute approximate surface area is 137 Å². The zero-order valence-corrected chi connectivity index (χ0v) is 14.6. The molecule has 0 bridgehead atoms. The second kappa shape index (κ2) is 6.33. The fourth-order valence-electron chi connectivity index (χ4n) is 3.34. The molecular formula is C15H24N4O3S. The molecule has 1 aromatic heterocycles. The Morgan fingerprint density at radius 1 is 0.957 bits per heavy atom. The van der Waals surface area contributed by atoms with E-state index in [1.165, 1.54) is 8.87 Å². The molecule has 23 heavy (non-hydrogen) atoms. The molecule has 0 N–H and O–H groups in total. The van der Waals surface area contributed by atoms with E-state index < -0.39 is 10.2 Å². The van der Waals surface area contributed by atoms with E-state index in [-0.39, 0.29) is 5.56 Å². The summed E-state index contributed by atoms with van der Waals surface area (Å²) >= 11 is 0. The van der Waals surface area contributed by atoms with Crippen molar-refractivity contribution in [1.82, 2.24) is 18.2 Å². The number of fused-ring (bicyclic) bond motifs is 1. The Hall–Kier alpha value is -1.25. The maximum absolute atomic E-state index is 12.8. The zero-order valence-electron chi connectivity index (χ0n) is 13.8. The van der Waals surface area contributed by atoms with Gasteiger partial charge in [-0.1, -0.05) is 6.42 Å². The molecule has 1 aromatic rings. The average Bonchev–Trinajstić information content (AvgIpc) is 2.76. The Morgan fingerprint density at radius 3 is 2.26 bits per heavy atom. The number of nitrogens with zero attached hydrogens (tertiary/aromatic N) is 4. The van der Waals surface area contributed by atoms with Gasteiger partial charge in [-0.3, -0.25) is 9.36 Å². The van der Waals surface area contributed by atoms with E-state index in [2.05, 4.69) is 4.98 Å². The van der Waals surface area contributed by atoms with Crippen molar-refractivity contribution in [2.24, 2.45) is 7.05 Å². The summed E-state index contributed by atoms with van der Waals surface area (Å²) in [5.41, 5.74) is 1.36. The van der Waals surface area contributed by atoms with Gasteiger partial charge in [0, 0.05) is 45.2 Å². The van der Waals surface area contributed by atoms with Crippen LogP contribution >= 0.6 is 0 Å². The number of piperidine rings is 1. The van der Waals surface area contributed by atoms with E-state index >= 15 is 0 Å². The van der Waals surface area contributed by atoms with Crippen LogP contribution in [0.4, 0.5) is 0 Å². The summed E-state index contributed by atoms with van der Waals surface area (Å²) in [6.45, 7) is 3.75. The van der Waals surface area contributed by atoms with Crippen molar-refractivity contribution in [2.45, 2.75) is 39.0 Å². The SMILES string of the molecule is Cc1nc2c(c(=O)n1C)CCN(S(=O)(=O)N1CCCCC1)CC2. The molecule has 0 unspecified atom stereocenters. The predicted molar refractivity (Wildman–Crippen MR) is 87.5 cm³/mol. The summed E-state index contributed by atoms with van der Waals surface area (Å²) in [5.74, 6) is 0.668. The first-order valence-corrected chi connectivity index (χ1v) is 9.61. The molecule has 0 atom stereocenters. The van der Waals surface area contributed by atoms with Crippen molar-refractivity contribution in [2.75, 3.05) is 26.2 Å². The fourth-order valence-corrected chi connectivity index (χ4v) is 5.03. The molecule has 0 spiro atoms. The van der Waals surface area contributed by atoms with Gasteiger partial charge in [0.2, 0.25) is 0 Å². The largest absolute Gasteiger partial charge is 0.300 e. The molecule has 2 aliphatic rings. The quantitative estimate of drug-likeness (QED) is 0.772. The molecule has 0 amide bonds. The Bertz CT molecular complexity index is 751. The fraction of sp³-hybridized carbons (Fsp3) is 0.733. The van der Waals surface area contributed by atoms with Crippen molar-refractivity contribution in [3.63, 3.8) is 0 Å². The third kappa shape index (κ3) is 3.07. The number of aromatic nitrogens is 2. The van der Waals surface area contributed by atoms with Gasteiger partial charge in [-0.2, -0.15) is 17.0 Å². The first kappa shape index (κ1) is 16.6. The monoisotopic (exact) mass is 340 g/mol. The van der Waals surface area contributed by atoms with Crippen LogP contribution < -0.4 is 5.56 Å². The summed E-state index contributed by atoms with van der Waals surface area (Å²) < 4.78 is 30.3. The van der Waals surface area contributed by atoms with Crippen LogP contribution in [0.25, 0.3) is 0 Å². The Balaban J connectivity index is 1.85. The highest BCUT2D eigenvalue weighted by Gasteiger charge is 2.32. The van der Waals surface area contributed by atoms with E-state index in [0.717, 1.165) is 25.0 Å². The molecule has 0 aliphatic carbocycles. The predicted octanol–water partition coefficient (Wildman–Crippen LogP) is 0.220. The molecule has 3 heterocycles. The molecule has 1 saturated heterocycles. The molecule has 8 heteroatoms. The van der Waals surface area contributed by atoms with Crippen LogP contribution in [0.1, 0.15) is 36.3 Å². The van der Waals surface area contributed by atoms with E-state index in [9.17, 15) is 13.2 Å². The highest BCUT2D eigenvalue weighted by atomic mass is 32.2. The second-order valence-electron chi connectivity index (χ2n) is 6.31. The number of hydrogen-bond donors (Lipinski definition) is 0. The normalized spacial score (nSPS) is 21.0. The van der Waals surface area contributed by atoms with E-state index in [0.29, 0.717) is 50.4 Å². The van der Waals surface area contributed by atoms with Crippen molar-refractivity contribution in [3.05, 3.63) is 27.4 Å². The minimum absolute atomic E-state index is 0.0512. The van der Waals surface area contributed by atoms with Crippen LogP contribution in [0.3, 0.4) is 0 Å². The topological polar surface area (TPSA) is 75.5 Å². The number of rotatable bonds is 2. The lowest BCUT2D eigenvalue weighted by Gasteiger charge is -2.31. The highest BCUT2D eigenvalue weighted by molar-refractivity contribution is 7.86. The van der Waals surface area contributed by atoms with Gasteiger partial charge in [0.25, 0.3) is 15.8 Å². The van der Waals surface area contributed by atoms with Gasteiger partial charge >= 0.3 is 0 Å². The lowest BCUT2D eigenvalue weighted by atomic mass is 10.1. The van der Waals surface area contributed by atoms with E-state index in [1.807, 2.05) is 0 Å². The first-order valence-electron chi connectivity index (χ1n) is 8.22. The third-order valence-electron chi connectivity index (χ3n) is 4.87. The van der Waals surface area contributed by atoms with Gasteiger partial charge in [0.05, 0.1) is 5.69 Å². The van der Waals surface area contributed by atoms with Gasteiger partial charge in [-0.15, -0.1) is 0 Å². The van der Waals surface area contributed by atoms with Gasteiger partial charge in [-0.25, -0.2) is 4.98 Å². The first-order chi connectivity index (χ1) is 10.9. The molecular weight excluding hydrogens is 316 g/mol. The van der Waals surface area contributed by atoms with Crippen LogP contribution in [0.5, 0.6) is 0 Å². The maximum atomic E-state index is 12.8. The van der Waals surface area contributed by atoms with Crippen LogP contribution in [0.2, 0.25) is 0 Å². The average molecular weight is 340 g/mol. The highest BCUT2D eigenvalue weighted by Crippen LogP contribution is 2.19. The maximum Gasteiger partial charge on any atom is 0.281 e. The van der Waals surface area contributed by atoms with Crippen molar-refractivity contribution in [1.29, 1.82) is 0 Å². The lowest BCUT2D eigenvalue weighted by Crippen LogP contribution is -2.46. The van der Waals surface area contributed by atoms with Gasteiger partial charge in [0.15, 0.2) is 0 Å². The molecule has 128 valence electrons. The lowest BCUT2D eigenvalue weighted by molar-refractivity contribution is 0.305. The van der Waals surface area contributed by atoms with Crippen molar-refractivity contribution >= 4 is 10.2 Å². The summed E-state index contributed by atoms with van der Waals surface area (Å²) in [7, 11) is -1.72. The summed E-state index contributed by atoms with van der Waals surface area (Å²) in [5, 5.41) is 0. The van der Waals surface area contributed by atoms with Gasteiger partial charge in [-0.05, 0) is 26.2 Å². The van der Waals surface area contributed by atoms with Crippen LogP contribution in [-0.4, -0.2) is 52.8 Å². The molecule has 0 saturated carbocycles. The zero-order chi connectivity index (χ0) is 16.6. The molecule has 7 nitrogen and oxygen atoms in total. The second-order valence-corrected chi connectivity index (χ2v) is 8.24.